The van der Waals surface area contributed by atoms with Gasteiger partial charge in [-0.05, 0) is 25.3 Å². The summed E-state index contributed by atoms with van der Waals surface area (Å²) in [5.74, 6) is 0.970. The standard InChI is InChI=1S/C18H22N4O3/c1-13-20-16(25-21-13)12-19-18(24)15-7-9-22(10-8-15)17(23)11-14-5-3-2-4-6-14/h2-6,15H,7-12H2,1H3,(H,19,24). The van der Waals surface area contributed by atoms with Gasteiger partial charge in [0.2, 0.25) is 17.7 Å². The zero-order valence-electron chi connectivity index (χ0n) is 14.3. The predicted octanol–water partition coefficient (Wildman–Crippen LogP) is 1.48. The first kappa shape index (κ1) is 17.1. The van der Waals surface area contributed by atoms with Crippen LogP contribution in [0.5, 0.6) is 0 Å². The van der Waals surface area contributed by atoms with E-state index < -0.39 is 0 Å². The molecule has 1 aliphatic heterocycles. The Hall–Kier alpha value is -2.70. The second kappa shape index (κ2) is 7.92. The Balaban J connectivity index is 1.43. The molecule has 0 unspecified atom stereocenters. The molecule has 7 heteroatoms. The molecule has 0 saturated carbocycles. The number of likely N-dealkylation sites (tertiary alicyclic amines) is 1. The SMILES string of the molecule is Cc1noc(CNC(=O)C2CCN(C(=O)Cc3ccccc3)CC2)n1. The summed E-state index contributed by atoms with van der Waals surface area (Å²) < 4.78 is 4.98. The number of aromatic nitrogens is 2. The molecular weight excluding hydrogens is 320 g/mol. The number of hydrogen-bond acceptors (Lipinski definition) is 5. The average Bonchev–Trinajstić information content (AvgIpc) is 3.06. The minimum absolute atomic E-state index is 0.0222. The zero-order chi connectivity index (χ0) is 17.6. The van der Waals surface area contributed by atoms with Crippen LogP contribution in [-0.2, 0) is 22.6 Å². The van der Waals surface area contributed by atoms with Crippen molar-refractivity contribution in [1.29, 1.82) is 0 Å². The van der Waals surface area contributed by atoms with Crippen molar-refractivity contribution in [3.63, 3.8) is 0 Å². The summed E-state index contributed by atoms with van der Waals surface area (Å²) >= 11 is 0. The van der Waals surface area contributed by atoms with Crippen LogP contribution in [-0.4, -0.2) is 39.9 Å². The van der Waals surface area contributed by atoms with Gasteiger partial charge in [-0.2, -0.15) is 4.98 Å². The van der Waals surface area contributed by atoms with Gasteiger partial charge in [0.25, 0.3) is 0 Å². The van der Waals surface area contributed by atoms with E-state index >= 15 is 0 Å². The number of aryl methyl sites for hydroxylation is 1. The van der Waals surface area contributed by atoms with Crippen molar-refractivity contribution in [1.82, 2.24) is 20.4 Å². The maximum absolute atomic E-state index is 12.4. The van der Waals surface area contributed by atoms with Gasteiger partial charge in [-0.25, -0.2) is 0 Å². The van der Waals surface area contributed by atoms with Crippen LogP contribution in [0.15, 0.2) is 34.9 Å². The summed E-state index contributed by atoms with van der Waals surface area (Å²) in [6.07, 6.45) is 1.76. The summed E-state index contributed by atoms with van der Waals surface area (Å²) in [6, 6.07) is 9.72. The first-order valence-electron chi connectivity index (χ1n) is 8.50. The van der Waals surface area contributed by atoms with Gasteiger partial charge in [0, 0.05) is 19.0 Å². The van der Waals surface area contributed by atoms with E-state index in [0.717, 1.165) is 5.56 Å². The van der Waals surface area contributed by atoms with Crippen molar-refractivity contribution >= 4 is 11.8 Å². The van der Waals surface area contributed by atoms with Crippen LogP contribution in [0, 0.1) is 12.8 Å². The second-order valence-corrected chi connectivity index (χ2v) is 6.27. The molecule has 2 amide bonds. The fourth-order valence-electron chi connectivity index (χ4n) is 2.99. The number of piperidine rings is 1. The third-order valence-corrected chi connectivity index (χ3v) is 4.40. The average molecular weight is 342 g/mol. The summed E-state index contributed by atoms with van der Waals surface area (Å²) in [4.78, 5) is 30.5. The van der Waals surface area contributed by atoms with Gasteiger partial charge in [-0.1, -0.05) is 35.5 Å². The first-order chi connectivity index (χ1) is 12.1. The first-order valence-corrected chi connectivity index (χ1v) is 8.50. The summed E-state index contributed by atoms with van der Waals surface area (Å²) in [7, 11) is 0. The van der Waals surface area contributed by atoms with Crippen LogP contribution in [0.25, 0.3) is 0 Å². The van der Waals surface area contributed by atoms with Crippen molar-refractivity contribution in [3.05, 3.63) is 47.6 Å². The maximum Gasteiger partial charge on any atom is 0.246 e. The van der Waals surface area contributed by atoms with E-state index in [-0.39, 0.29) is 24.3 Å². The molecule has 7 nitrogen and oxygen atoms in total. The van der Waals surface area contributed by atoms with Gasteiger partial charge in [-0.15, -0.1) is 0 Å². The summed E-state index contributed by atoms with van der Waals surface area (Å²) in [6.45, 7) is 3.21. The number of nitrogens with zero attached hydrogens (tertiary/aromatic N) is 3. The van der Waals surface area contributed by atoms with E-state index in [9.17, 15) is 9.59 Å². The highest BCUT2D eigenvalue weighted by Gasteiger charge is 2.27. The minimum Gasteiger partial charge on any atom is -0.347 e. The Morgan fingerprint density at radius 1 is 1.24 bits per heavy atom. The number of rotatable bonds is 5. The molecule has 132 valence electrons. The Kier molecular flexibility index (Phi) is 5.42. The van der Waals surface area contributed by atoms with Crippen LogP contribution in [0.2, 0.25) is 0 Å². The smallest absolute Gasteiger partial charge is 0.246 e. The largest absolute Gasteiger partial charge is 0.347 e. The van der Waals surface area contributed by atoms with E-state index in [1.807, 2.05) is 35.2 Å². The lowest BCUT2D eigenvalue weighted by atomic mass is 9.95. The van der Waals surface area contributed by atoms with Crippen molar-refractivity contribution < 1.29 is 14.1 Å². The van der Waals surface area contributed by atoms with E-state index in [1.165, 1.54) is 0 Å². The van der Waals surface area contributed by atoms with Crippen LogP contribution >= 0.6 is 0 Å². The number of benzene rings is 1. The number of carbonyl (C=O) groups is 2. The van der Waals surface area contributed by atoms with Gasteiger partial charge in [0.1, 0.15) is 0 Å². The molecule has 0 aliphatic carbocycles. The van der Waals surface area contributed by atoms with Crippen LogP contribution < -0.4 is 5.32 Å². The fraction of sp³-hybridized carbons (Fsp3) is 0.444. The van der Waals surface area contributed by atoms with E-state index in [0.29, 0.717) is 44.1 Å². The van der Waals surface area contributed by atoms with Gasteiger partial charge in [0.15, 0.2) is 5.82 Å². The highest BCUT2D eigenvalue weighted by atomic mass is 16.5. The molecule has 0 bridgehead atoms. The molecule has 25 heavy (non-hydrogen) atoms. The molecular formula is C18H22N4O3. The number of hydrogen-bond donors (Lipinski definition) is 1. The molecule has 0 atom stereocenters. The Morgan fingerprint density at radius 3 is 2.60 bits per heavy atom. The third kappa shape index (κ3) is 4.65. The molecule has 0 spiro atoms. The van der Waals surface area contributed by atoms with Gasteiger partial charge >= 0.3 is 0 Å². The Morgan fingerprint density at radius 2 is 1.96 bits per heavy atom. The van der Waals surface area contributed by atoms with Gasteiger partial charge in [0.05, 0.1) is 13.0 Å². The number of amides is 2. The highest BCUT2D eigenvalue weighted by molar-refractivity contribution is 5.81. The van der Waals surface area contributed by atoms with E-state index in [4.69, 9.17) is 4.52 Å². The Bertz CT molecular complexity index is 721. The molecule has 1 aromatic heterocycles. The van der Waals surface area contributed by atoms with Gasteiger partial charge < -0.3 is 14.7 Å². The lowest BCUT2D eigenvalue weighted by Gasteiger charge is -2.31. The molecule has 1 aromatic carbocycles. The molecule has 1 N–H and O–H groups in total. The fourth-order valence-corrected chi connectivity index (χ4v) is 2.99. The zero-order valence-corrected chi connectivity index (χ0v) is 14.3. The predicted molar refractivity (Wildman–Crippen MR) is 90.3 cm³/mol. The van der Waals surface area contributed by atoms with Crippen LogP contribution in [0.3, 0.4) is 0 Å². The van der Waals surface area contributed by atoms with Crippen molar-refractivity contribution in [3.8, 4) is 0 Å². The number of nitrogens with one attached hydrogen (secondary N) is 1. The summed E-state index contributed by atoms with van der Waals surface area (Å²) in [5.41, 5.74) is 1.02. The number of carbonyl (C=O) groups excluding carboxylic acids is 2. The molecule has 1 aliphatic rings. The lowest BCUT2D eigenvalue weighted by molar-refractivity contribution is -0.135. The Labute approximate surface area is 146 Å². The molecule has 2 heterocycles. The highest BCUT2D eigenvalue weighted by Crippen LogP contribution is 2.18. The third-order valence-electron chi connectivity index (χ3n) is 4.40. The lowest BCUT2D eigenvalue weighted by Crippen LogP contribution is -2.43. The maximum atomic E-state index is 12.4. The van der Waals surface area contributed by atoms with Crippen molar-refractivity contribution in [2.24, 2.45) is 5.92 Å². The minimum atomic E-state index is -0.0789. The topological polar surface area (TPSA) is 88.3 Å². The molecule has 2 aromatic rings. The normalized spacial score (nSPS) is 15.2. The molecule has 3 rings (SSSR count). The van der Waals surface area contributed by atoms with Crippen LogP contribution in [0.1, 0.15) is 30.1 Å². The van der Waals surface area contributed by atoms with Crippen LogP contribution in [0.4, 0.5) is 0 Å². The van der Waals surface area contributed by atoms with Crippen molar-refractivity contribution in [2.45, 2.75) is 32.7 Å². The van der Waals surface area contributed by atoms with E-state index in [1.54, 1.807) is 6.92 Å². The van der Waals surface area contributed by atoms with Gasteiger partial charge in [-0.3, -0.25) is 9.59 Å². The molecule has 1 fully saturated rings. The quantitative estimate of drug-likeness (QED) is 0.889. The van der Waals surface area contributed by atoms with Crippen molar-refractivity contribution in [2.75, 3.05) is 13.1 Å². The monoisotopic (exact) mass is 342 g/mol. The molecule has 1 saturated heterocycles. The molecule has 0 radical (unpaired) electrons. The second-order valence-electron chi connectivity index (χ2n) is 6.27. The van der Waals surface area contributed by atoms with E-state index in [2.05, 4.69) is 15.5 Å². The summed E-state index contributed by atoms with van der Waals surface area (Å²) in [5, 5.41) is 6.52.